The Kier molecular flexibility index (Phi) is 4.81. The van der Waals surface area contributed by atoms with E-state index in [0.29, 0.717) is 11.3 Å². The standard InChI is InChI=1S/C23H17F3N2O2/c1-27-18-13-12-16(23(24,25)26)14-19(18)28(17-10-6-3-7-11-17)22(30)20(21(27)29)15-8-4-2-5-9-15/h2-14,20H,1H3. The minimum atomic E-state index is -4.59. The van der Waals surface area contributed by atoms with Gasteiger partial charge in [-0.15, -0.1) is 0 Å². The molecule has 3 aromatic carbocycles. The third-order valence-corrected chi connectivity index (χ3v) is 5.10. The Bertz CT molecular complexity index is 1100. The van der Waals surface area contributed by atoms with Gasteiger partial charge >= 0.3 is 6.18 Å². The van der Waals surface area contributed by atoms with Crippen molar-refractivity contribution >= 4 is 28.9 Å². The number of hydrogen-bond acceptors (Lipinski definition) is 2. The van der Waals surface area contributed by atoms with E-state index in [4.69, 9.17) is 0 Å². The van der Waals surface area contributed by atoms with Crippen molar-refractivity contribution in [1.82, 2.24) is 0 Å². The maximum atomic E-state index is 13.6. The summed E-state index contributed by atoms with van der Waals surface area (Å²) in [5, 5.41) is 0. The van der Waals surface area contributed by atoms with Gasteiger partial charge in [-0.3, -0.25) is 14.5 Å². The summed E-state index contributed by atoms with van der Waals surface area (Å²) in [5.41, 5.74) is 0.198. The molecule has 3 aromatic rings. The SMILES string of the molecule is CN1C(=O)C(c2ccccc2)C(=O)N(c2ccccc2)c2cc(C(F)(F)F)ccc21. The largest absolute Gasteiger partial charge is 0.416 e. The van der Waals surface area contributed by atoms with Crippen molar-refractivity contribution in [3.05, 3.63) is 90.0 Å². The summed E-state index contributed by atoms with van der Waals surface area (Å²) in [6.07, 6.45) is -4.59. The minimum Gasteiger partial charge on any atom is -0.312 e. The monoisotopic (exact) mass is 410 g/mol. The molecule has 0 N–H and O–H groups in total. The molecule has 1 aliphatic heterocycles. The van der Waals surface area contributed by atoms with Gasteiger partial charge in [0.1, 0.15) is 5.92 Å². The van der Waals surface area contributed by atoms with Gasteiger partial charge in [0.05, 0.1) is 16.9 Å². The molecule has 0 saturated heterocycles. The molecule has 30 heavy (non-hydrogen) atoms. The Morgan fingerprint density at radius 3 is 1.97 bits per heavy atom. The molecule has 1 heterocycles. The molecule has 2 amide bonds. The van der Waals surface area contributed by atoms with Crippen molar-refractivity contribution in [2.24, 2.45) is 0 Å². The summed E-state index contributed by atoms with van der Waals surface area (Å²) < 4.78 is 40.3. The zero-order valence-electron chi connectivity index (χ0n) is 15.9. The number of carbonyl (C=O) groups excluding carboxylic acids is 2. The number of carbonyl (C=O) groups is 2. The smallest absolute Gasteiger partial charge is 0.312 e. The second-order valence-corrected chi connectivity index (χ2v) is 6.95. The molecule has 7 heteroatoms. The van der Waals surface area contributed by atoms with Gasteiger partial charge in [-0.1, -0.05) is 48.5 Å². The van der Waals surface area contributed by atoms with Crippen molar-refractivity contribution in [2.45, 2.75) is 12.1 Å². The van der Waals surface area contributed by atoms with Gasteiger partial charge in [0.25, 0.3) is 0 Å². The Balaban J connectivity index is 1.98. The number of alkyl halides is 3. The van der Waals surface area contributed by atoms with Crippen LogP contribution in [0.15, 0.2) is 78.9 Å². The van der Waals surface area contributed by atoms with E-state index >= 15 is 0 Å². The Labute approximate surface area is 171 Å². The van der Waals surface area contributed by atoms with Crippen LogP contribution in [0.1, 0.15) is 17.0 Å². The molecule has 1 atom stereocenters. The third-order valence-electron chi connectivity index (χ3n) is 5.10. The van der Waals surface area contributed by atoms with Crippen LogP contribution in [0.25, 0.3) is 0 Å². The van der Waals surface area contributed by atoms with E-state index in [-0.39, 0.29) is 11.4 Å². The molecule has 0 radical (unpaired) electrons. The van der Waals surface area contributed by atoms with E-state index < -0.39 is 29.5 Å². The first-order valence-electron chi connectivity index (χ1n) is 9.22. The van der Waals surface area contributed by atoms with Gasteiger partial charge in [0.15, 0.2) is 0 Å². The van der Waals surface area contributed by atoms with E-state index in [2.05, 4.69) is 0 Å². The second kappa shape index (κ2) is 7.33. The highest BCUT2D eigenvalue weighted by atomic mass is 19.4. The highest BCUT2D eigenvalue weighted by Gasteiger charge is 2.42. The maximum absolute atomic E-state index is 13.6. The molecule has 0 spiro atoms. The Morgan fingerprint density at radius 1 is 0.767 bits per heavy atom. The molecule has 0 saturated carbocycles. The van der Waals surface area contributed by atoms with E-state index in [1.165, 1.54) is 22.9 Å². The molecular weight excluding hydrogens is 393 g/mol. The number of para-hydroxylation sites is 1. The van der Waals surface area contributed by atoms with Crippen LogP contribution < -0.4 is 9.80 Å². The molecular formula is C23H17F3N2O2. The van der Waals surface area contributed by atoms with Gasteiger partial charge in [-0.25, -0.2) is 0 Å². The van der Waals surface area contributed by atoms with Crippen LogP contribution in [0.5, 0.6) is 0 Å². The average Bonchev–Trinajstić information content (AvgIpc) is 2.81. The number of anilines is 3. The number of halogens is 3. The van der Waals surface area contributed by atoms with Gasteiger partial charge in [-0.2, -0.15) is 13.2 Å². The number of fused-ring (bicyclic) bond motifs is 1. The molecule has 4 rings (SSSR count). The van der Waals surface area contributed by atoms with Crippen molar-refractivity contribution in [2.75, 3.05) is 16.8 Å². The Hall–Kier alpha value is -3.61. The van der Waals surface area contributed by atoms with Crippen LogP contribution in [0.2, 0.25) is 0 Å². The summed E-state index contributed by atoms with van der Waals surface area (Å²) in [7, 11) is 1.46. The maximum Gasteiger partial charge on any atom is 0.416 e. The van der Waals surface area contributed by atoms with E-state index in [9.17, 15) is 22.8 Å². The van der Waals surface area contributed by atoms with Gasteiger partial charge in [-0.05, 0) is 35.9 Å². The van der Waals surface area contributed by atoms with Gasteiger partial charge in [0.2, 0.25) is 11.8 Å². The summed E-state index contributed by atoms with van der Waals surface area (Å²) >= 11 is 0. The zero-order valence-corrected chi connectivity index (χ0v) is 15.9. The fourth-order valence-corrected chi connectivity index (χ4v) is 3.60. The number of likely N-dealkylation sites (N-methyl/N-ethyl adjacent to an activating group) is 1. The van der Waals surface area contributed by atoms with Crippen molar-refractivity contribution in [3.63, 3.8) is 0 Å². The van der Waals surface area contributed by atoms with Crippen molar-refractivity contribution < 1.29 is 22.8 Å². The third kappa shape index (κ3) is 3.32. The molecule has 1 aliphatic rings. The molecule has 0 aliphatic carbocycles. The van der Waals surface area contributed by atoms with Gasteiger partial charge < -0.3 is 4.90 Å². The normalized spacial score (nSPS) is 17.0. The van der Waals surface area contributed by atoms with Crippen LogP contribution in [-0.2, 0) is 15.8 Å². The topological polar surface area (TPSA) is 40.6 Å². The van der Waals surface area contributed by atoms with Crippen LogP contribution in [0.4, 0.5) is 30.2 Å². The second-order valence-electron chi connectivity index (χ2n) is 6.95. The summed E-state index contributed by atoms with van der Waals surface area (Å²) in [5.74, 6) is -2.30. The van der Waals surface area contributed by atoms with Gasteiger partial charge in [0, 0.05) is 12.7 Å². The summed E-state index contributed by atoms with van der Waals surface area (Å²) in [6.45, 7) is 0. The predicted molar refractivity (Wildman–Crippen MR) is 108 cm³/mol. The molecule has 0 fully saturated rings. The highest BCUT2D eigenvalue weighted by Crippen LogP contribution is 2.43. The first-order chi connectivity index (χ1) is 14.3. The zero-order chi connectivity index (χ0) is 21.5. The summed E-state index contributed by atoms with van der Waals surface area (Å²) in [4.78, 5) is 29.3. The number of hydrogen-bond donors (Lipinski definition) is 0. The fraction of sp³-hybridized carbons (Fsp3) is 0.130. The van der Waals surface area contributed by atoms with Crippen LogP contribution in [0.3, 0.4) is 0 Å². The number of benzene rings is 3. The lowest BCUT2D eigenvalue weighted by atomic mass is 9.96. The molecule has 0 bridgehead atoms. The quantitative estimate of drug-likeness (QED) is 0.550. The van der Waals surface area contributed by atoms with Crippen LogP contribution in [0, 0.1) is 0 Å². The molecule has 4 nitrogen and oxygen atoms in total. The number of amides is 2. The van der Waals surface area contributed by atoms with E-state index in [0.717, 1.165) is 12.1 Å². The number of rotatable bonds is 2. The van der Waals surface area contributed by atoms with Crippen LogP contribution in [-0.4, -0.2) is 18.9 Å². The van der Waals surface area contributed by atoms with E-state index in [1.54, 1.807) is 60.7 Å². The van der Waals surface area contributed by atoms with Crippen LogP contribution >= 0.6 is 0 Å². The molecule has 0 aromatic heterocycles. The van der Waals surface area contributed by atoms with Crippen molar-refractivity contribution in [1.29, 1.82) is 0 Å². The first kappa shape index (κ1) is 19.7. The lowest BCUT2D eigenvalue weighted by Gasteiger charge is -2.25. The average molecular weight is 410 g/mol. The first-order valence-corrected chi connectivity index (χ1v) is 9.22. The highest BCUT2D eigenvalue weighted by molar-refractivity contribution is 6.23. The fourth-order valence-electron chi connectivity index (χ4n) is 3.60. The van der Waals surface area contributed by atoms with E-state index in [1.807, 2.05) is 0 Å². The predicted octanol–water partition coefficient (Wildman–Crippen LogP) is 5.13. The van der Waals surface area contributed by atoms with Crippen molar-refractivity contribution in [3.8, 4) is 0 Å². The lowest BCUT2D eigenvalue weighted by Crippen LogP contribution is -2.37. The molecule has 152 valence electrons. The Morgan fingerprint density at radius 2 is 1.37 bits per heavy atom. The molecule has 1 unspecified atom stereocenters. The lowest BCUT2D eigenvalue weighted by molar-refractivity contribution is -0.137. The summed E-state index contributed by atoms with van der Waals surface area (Å²) in [6, 6.07) is 19.9. The number of nitrogens with zero attached hydrogens (tertiary/aromatic N) is 2. The minimum absolute atomic E-state index is 0.00954.